The third-order valence-corrected chi connectivity index (χ3v) is 3.45. The van der Waals surface area contributed by atoms with E-state index in [4.69, 9.17) is 10.5 Å². The van der Waals surface area contributed by atoms with Crippen LogP contribution in [-0.4, -0.2) is 31.4 Å². The molecule has 0 aliphatic rings. The molecule has 18 heavy (non-hydrogen) atoms. The zero-order valence-corrected chi connectivity index (χ0v) is 10.7. The van der Waals surface area contributed by atoms with E-state index in [1.165, 1.54) is 0 Å². The highest BCUT2D eigenvalue weighted by Crippen LogP contribution is 2.16. The highest BCUT2D eigenvalue weighted by Gasteiger charge is 2.10. The fourth-order valence-electron chi connectivity index (χ4n) is 1.70. The van der Waals surface area contributed by atoms with Gasteiger partial charge < -0.3 is 9.67 Å². The monoisotopic (exact) mass is 263 g/mol. The summed E-state index contributed by atoms with van der Waals surface area (Å²) in [6, 6.07) is 7.76. The van der Waals surface area contributed by atoms with Crippen molar-refractivity contribution in [2.75, 3.05) is 5.75 Å². The van der Waals surface area contributed by atoms with Gasteiger partial charge >= 0.3 is 5.97 Å². The van der Waals surface area contributed by atoms with Crippen LogP contribution in [0.3, 0.4) is 0 Å². The molecular formula is C12H13N3O2S. The van der Waals surface area contributed by atoms with E-state index in [2.05, 4.69) is 4.98 Å². The number of aryl methyl sites for hydroxylation is 1. The van der Waals surface area contributed by atoms with Crippen molar-refractivity contribution in [1.82, 2.24) is 9.55 Å². The molecule has 0 fully saturated rings. The summed E-state index contributed by atoms with van der Waals surface area (Å²) in [6.07, 6.45) is 0.364. The quantitative estimate of drug-likeness (QED) is 0.652. The number of thioether (sulfide) groups is 1. The second-order valence-electron chi connectivity index (χ2n) is 3.86. The van der Waals surface area contributed by atoms with E-state index in [1.54, 1.807) is 0 Å². The molecular weight excluding hydrogens is 250 g/mol. The van der Waals surface area contributed by atoms with Gasteiger partial charge in [-0.2, -0.15) is 0 Å². The Morgan fingerprint density at radius 2 is 2.22 bits per heavy atom. The van der Waals surface area contributed by atoms with E-state index in [1.807, 2.05) is 35.9 Å². The van der Waals surface area contributed by atoms with Crippen molar-refractivity contribution >= 4 is 33.8 Å². The number of hydrogen-bond acceptors (Lipinski definition) is 4. The summed E-state index contributed by atoms with van der Waals surface area (Å²) in [5, 5.41) is 16.6. The van der Waals surface area contributed by atoms with Crippen molar-refractivity contribution in [3.63, 3.8) is 0 Å². The summed E-state index contributed by atoms with van der Waals surface area (Å²) in [5.41, 5.74) is 1.91. The van der Waals surface area contributed by atoms with E-state index in [9.17, 15) is 4.79 Å². The number of imidazole rings is 1. The zero-order valence-electron chi connectivity index (χ0n) is 9.88. The summed E-state index contributed by atoms with van der Waals surface area (Å²) >= 11 is 1.03. The lowest BCUT2D eigenvalue weighted by atomic mass is 10.3. The summed E-state index contributed by atoms with van der Waals surface area (Å²) in [7, 11) is 1.90. The van der Waals surface area contributed by atoms with Crippen LogP contribution >= 0.6 is 11.8 Å². The maximum Gasteiger partial charge on any atom is 0.313 e. The first-order chi connectivity index (χ1) is 8.58. The number of hydrogen-bond donors (Lipinski definition) is 2. The number of nitrogens with one attached hydrogen (secondary N) is 1. The Morgan fingerprint density at radius 1 is 1.50 bits per heavy atom. The van der Waals surface area contributed by atoms with Gasteiger partial charge in [0.15, 0.2) is 0 Å². The molecule has 0 amide bonds. The first-order valence-corrected chi connectivity index (χ1v) is 6.39. The number of nitrogens with zero attached hydrogens (tertiary/aromatic N) is 2. The predicted molar refractivity (Wildman–Crippen MR) is 72.2 cm³/mol. The molecule has 1 heterocycles. The molecule has 0 unspecified atom stereocenters. The minimum absolute atomic E-state index is 0.0806. The second-order valence-corrected chi connectivity index (χ2v) is 4.93. The number of aromatic nitrogens is 2. The molecule has 6 heteroatoms. The van der Waals surface area contributed by atoms with Crippen LogP contribution in [0.15, 0.2) is 24.3 Å². The lowest BCUT2D eigenvalue weighted by Crippen LogP contribution is -2.07. The smallest absolute Gasteiger partial charge is 0.313 e. The van der Waals surface area contributed by atoms with Crippen LogP contribution in [0.5, 0.6) is 0 Å². The van der Waals surface area contributed by atoms with Gasteiger partial charge in [-0.15, -0.1) is 0 Å². The van der Waals surface area contributed by atoms with Crippen molar-refractivity contribution in [3.05, 3.63) is 30.1 Å². The van der Waals surface area contributed by atoms with Crippen molar-refractivity contribution in [1.29, 1.82) is 5.41 Å². The number of fused-ring (bicyclic) bond motifs is 1. The molecule has 0 aliphatic heterocycles. The van der Waals surface area contributed by atoms with Crippen molar-refractivity contribution in [3.8, 4) is 0 Å². The Morgan fingerprint density at radius 3 is 2.89 bits per heavy atom. The van der Waals surface area contributed by atoms with Gasteiger partial charge in [-0.3, -0.25) is 10.2 Å². The molecule has 94 valence electrons. The maximum absolute atomic E-state index is 10.4. The molecule has 2 rings (SSSR count). The molecule has 0 radical (unpaired) electrons. The second kappa shape index (κ2) is 5.22. The van der Waals surface area contributed by atoms with Crippen LogP contribution in [0.4, 0.5) is 0 Å². The molecule has 0 saturated heterocycles. The minimum atomic E-state index is -0.908. The van der Waals surface area contributed by atoms with Gasteiger partial charge in [0.25, 0.3) is 0 Å². The lowest BCUT2D eigenvalue weighted by Gasteiger charge is -2.02. The Bertz CT molecular complexity index is 606. The molecule has 0 saturated carbocycles. The van der Waals surface area contributed by atoms with Gasteiger partial charge in [-0.25, -0.2) is 4.98 Å². The highest BCUT2D eigenvalue weighted by atomic mass is 32.2. The topological polar surface area (TPSA) is 79.0 Å². The number of rotatable bonds is 4. The number of aliphatic carboxylic acids is 1. The Balaban J connectivity index is 2.14. The van der Waals surface area contributed by atoms with Crippen LogP contribution in [0.1, 0.15) is 5.82 Å². The molecule has 0 bridgehead atoms. The Labute approximate surface area is 108 Å². The Kier molecular flexibility index (Phi) is 3.66. The van der Waals surface area contributed by atoms with Crippen LogP contribution in [-0.2, 0) is 18.3 Å². The summed E-state index contributed by atoms with van der Waals surface area (Å²) in [4.78, 5) is 14.9. The number of carboxylic acids is 1. The van der Waals surface area contributed by atoms with E-state index < -0.39 is 5.97 Å². The lowest BCUT2D eigenvalue weighted by molar-refractivity contribution is -0.133. The molecule has 5 nitrogen and oxygen atoms in total. The van der Waals surface area contributed by atoms with Crippen LogP contribution < -0.4 is 0 Å². The molecule has 1 aromatic carbocycles. The van der Waals surface area contributed by atoms with Crippen molar-refractivity contribution in [2.45, 2.75) is 6.42 Å². The fraction of sp³-hybridized carbons (Fsp3) is 0.250. The van der Waals surface area contributed by atoms with Gasteiger partial charge in [-0.1, -0.05) is 23.9 Å². The van der Waals surface area contributed by atoms with Crippen molar-refractivity contribution < 1.29 is 9.90 Å². The first kappa shape index (κ1) is 12.6. The molecule has 1 aromatic heterocycles. The average molecular weight is 263 g/mol. The summed E-state index contributed by atoms with van der Waals surface area (Å²) < 4.78 is 1.94. The van der Waals surface area contributed by atoms with E-state index in [0.29, 0.717) is 11.5 Å². The highest BCUT2D eigenvalue weighted by molar-refractivity contribution is 8.14. The van der Waals surface area contributed by atoms with Gasteiger partial charge in [0.1, 0.15) is 5.82 Å². The van der Waals surface area contributed by atoms with Gasteiger partial charge in [0.05, 0.1) is 28.3 Å². The SMILES string of the molecule is Cn1c(CC(=N)SCC(=O)O)nc2ccccc21. The molecule has 2 aromatic rings. The number of carboxylic acid groups (broad SMARTS) is 1. The Hall–Kier alpha value is -1.82. The fourth-order valence-corrected chi connectivity index (χ4v) is 2.23. The van der Waals surface area contributed by atoms with Crippen LogP contribution in [0.2, 0.25) is 0 Å². The zero-order chi connectivity index (χ0) is 13.1. The maximum atomic E-state index is 10.4. The third-order valence-electron chi connectivity index (χ3n) is 2.57. The van der Waals surface area contributed by atoms with E-state index >= 15 is 0 Å². The van der Waals surface area contributed by atoms with Crippen LogP contribution in [0.25, 0.3) is 11.0 Å². The standard InChI is InChI=1S/C12H13N3O2S/c1-15-9-5-3-2-4-8(9)14-11(15)6-10(13)18-7-12(16)17/h2-5,13H,6-7H2,1H3,(H,16,17). The van der Waals surface area contributed by atoms with E-state index in [0.717, 1.165) is 28.6 Å². The molecule has 0 spiro atoms. The average Bonchev–Trinajstić information content (AvgIpc) is 2.65. The number of para-hydroxylation sites is 2. The van der Waals surface area contributed by atoms with Crippen molar-refractivity contribution in [2.24, 2.45) is 7.05 Å². The normalized spacial score (nSPS) is 10.7. The third kappa shape index (κ3) is 2.70. The number of benzene rings is 1. The minimum Gasteiger partial charge on any atom is -0.481 e. The molecule has 0 atom stereocenters. The van der Waals surface area contributed by atoms with Gasteiger partial charge in [0, 0.05) is 7.05 Å². The van der Waals surface area contributed by atoms with Gasteiger partial charge in [-0.05, 0) is 12.1 Å². The first-order valence-electron chi connectivity index (χ1n) is 5.40. The summed E-state index contributed by atoms with van der Waals surface area (Å²) in [6.45, 7) is 0. The van der Waals surface area contributed by atoms with Gasteiger partial charge in [0.2, 0.25) is 0 Å². The molecule has 2 N–H and O–H groups in total. The van der Waals surface area contributed by atoms with E-state index in [-0.39, 0.29) is 5.75 Å². The largest absolute Gasteiger partial charge is 0.481 e. The summed E-state index contributed by atoms with van der Waals surface area (Å²) in [5.74, 6) is -0.211. The number of carbonyl (C=O) groups is 1. The predicted octanol–water partition coefficient (Wildman–Crippen LogP) is 1.91. The molecule has 0 aliphatic carbocycles. The van der Waals surface area contributed by atoms with Crippen LogP contribution in [0, 0.1) is 5.41 Å².